The van der Waals surface area contributed by atoms with Crippen LogP contribution in [0.3, 0.4) is 0 Å². The summed E-state index contributed by atoms with van der Waals surface area (Å²) in [5.41, 5.74) is 9.63. The summed E-state index contributed by atoms with van der Waals surface area (Å²) in [6, 6.07) is 54.5. The number of hydrogen-bond acceptors (Lipinski definition) is 1. The molecule has 5 heteroatoms. The van der Waals surface area contributed by atoms with Crippen molar-refractivity contribution in [3.63, 3.8) is 0 Å². The van der Waals surface area contributed by atoms with Gasteiger partial charge >= 0.3 is 0 Å². The van der Waals surface area contributed by atoms with Crippen molar-refractivity contribution in [2.45, 2.75) is 0 Å². The average Bonchev–Trinajstić information content (AvgIpc) is 3.80. The van der Waals surface area contributed by atoms with E-state index in [1.807, 2.05) is 36.4 Å². The second kappa shape index (κ2) is 10.2. The molecule has 0 amide bonds. The highest BCUT2D eigenvalue weighted by atomic mass is 15.1. The van der Waals surface area contributed by atoms with E-state index in [-0.39, 0.29) is 0 Å². The molecule has 0 saturated heterocycles. The van der Waals surface area contributed by atoms with E-state index in [0.717, 1.165) is 71.1 Å². The van der Waals surface area contributed by atoms with Gasteiger partial charge in [0.2, 0.25) is 5.69 Å². The molecule has 0 fully saturated rings. The lowest BCUT2D eigenvalue weighted by molar-refractivity contribution is 1.09. The summed E-state index contributed by atoms with van der Waals surface area (Å²) >= 11 is 0. The first kappa shape index (κ1) is 27.1. The average molecular weight is 624 g/mol. The highest BCUT2D eigenvalue weighted by Crippen LogP contribution is 2.46. The molecular formula is C44H25N5. The number of nitrogens with zero attached hydrogens (tertiary/aromatic N) is 5. The Kier molecular flexibility index (Phi) is 5.64. The van der Waals surface area contributed by atoms with E-state index < -0.39 is 0 Å². The Morgan fingerprint density at radius 2 is 0.878 bits per heavy atom. The van der Waals surface area contributed by atoms with Gasteiger partial charge < -0.3 is 13.7 Å². The van der Waals surface area contributed by atoms with Crippen LogP contribution in [-0.4, -0.2) is 13.7 Å². The number of aromatic nitrogens is 3. The zero-order valence-electron chi connectivity index (χ0n) is 26.2. The lowest BCUT2D eigenvalue weighted by Gasteiger charge is -2.19. The fourth-order valence-electron chi connectivity index (χ4n) is 7.97. The molecule has 0 radical (unpaired) electrons. The van der Waals surface area contributed by atoms with Gasteiger partial charge in [-0.05, 0) is 48.5 Å². The first-order chi connectivity index (χ1) is 24.3. The largest absolute Gasteiger partial charge is 0.317 e. The third-order valence-electron chi connectivity index (χ3n) is 9.88. The van der Waals surface area contributed by atoms with Crippen LogP contribution in [0, 0.1) is 17.9 Å². The van der Waals surface area contributed by atoms with Crippen LogP contribution in [0.1, 0.15) is 5.56 Å². The molecule has 226 valence electrons. The van der Waals surface area contributed by atoms with Crippen LogP contribution in [-0.2, 0) is 0 Å². The van der Waals surface area contributed by atoms with Crippen LogP contribution in [0.2, 0.25) is 0 Å². The Bertz CT molecular complexity index is 3020. The topological polar surface area (TPSA) is 42.9 Å². The summed E-state index contributed by atoms with van der Waals surface area (Å²) in [6.45, 7) is 8.43. The summed E-state index contributed by atoms with van der Waals surface area (Å²) in [5.74, 6) is 0. The van der Waals surface area contributed by atoms with Crippen molar-refractivity contribution in [1.82, 2.24) is 13.7 Å². The molecule has 0 aliphatic rings. The minimum Gasteiger partial charge on any atom is -0.317 e. The van der Waals surface area contributed by atoms with E-state index in [2.05, 4.69) is 128 Å². The van der Waals surface area contributed by atoms with Crippen molar-refractivity contribution < 1.29 is 0 Å². The SMILES string of the molecule is [C-]#[N+]c1ccc(C#N)c(-n2c3ccccc3c3ccccc32)c1-n1c2ccccc2c2c3c4ccccc4n(-c4ccccc4)c3ccc21. The Morgan fingerprint density at radius 3 is 1.43 bits per heavy atom. The maximum atomic E-state index is 10.7. The van der Waals surface area contributed by atoms with Crippen LogP contribution in [0.4, 0.5) is 5.69 Å². The summed E-state index contributed by atoms with van der Waals surface area (Å²) in [5, 5.41) is 17.4. The molecule has 10 rings (SSSR count). The maximum absolute atomic E-state index is 10.7. The van der Waals surface area contributed by atoms with Crippen molar-refractivity contribution in [3.05, 3.63) is 169 Å². The predicted octanol–water partition coefficient (Wildman–Crippen LogP) is 11.4. The minimum absolute atomic E-state index is 0.477. The Labute approximate surface area is 281 Å². The molecule has 0 atom stereocenters. The van der Waals surface area contributed by atoms with Crippen molar-refractivity contribution in [2.75, 3.05) is 0 Å². The highest BCUT2D eigenvalue weighted by Gasteiger charge is 2.26. The minimum atomic E-state index is 0.477. The summed E-state index contributed by atoms with van der Waals surface area (Å²) < 4.78 is 6.72. The Hall–Kier alpha value is -7.08. The van der Waals surface area contributed by atoms with Crippen molar-refractivity contribution in [2.24, 2.45) is 0 Å². The van der Waals surface area contributed by atoms with Gasteiger partial charge in [-0.15, -0.1) is 0 Å². The monoisotopic (exact) mass is 623 g/mol. The van der Waals surface area contributed by atoms with Gasteiger partial charge in [-0.1, -0.05) is 103 Å². The molecule has 0 spiro atoms. The third-order valence-corrected chi connectivity index (χ3v) is 9.88. The molecule has 0 aliphatic carbocycles. The summed E-state index contributed by atoms with van der Waals surface area (Å²) in [4.78, 5) is 4.10. The van der Waals surface area contributed by atoms with E-state index in [9.17, 15) is 5.26 Å². The predicted molar refractivity (Wildman–Crippen MR) is 200 cm³/mol. The zero-order valence-corrected chi connectivity index (χ0v) is 26.2. The van der Waals surface area contributed by atoms with Gasteiger partial charge in [-0.3, -0.25) is 0 Å². The van der Waals surface area contributed by atoms with Gasteiger partial charge in [0, 0.05) is 38.0 Å². The van der Waals surface area contributed by atoms with E-state index >= 15 is 0 Å². The maximum Gasteiger partial charge on any atom is 0.212 e. The first-order valence-corrected chi connectivity index (χ1v) is 16.2. The number of para-hydroxylation sites is 5. The number of benzene rings is 7. The Balaban J connectivity index is 1.43. The molecule has 10 aromatic rings. The first-order valence-electron chi connectivity index (χ1n) is 16.2. The van der Waals surface area contributed by atoms with E-state index in [4.69, 9.17) is 6.57 Å². The van der Waals surface area contributed by atoms with Crippen LogP contribution in [0.5, 0.6) is 0 Å². The van der Waals surface area contributed by atoms with E-state index in [1.165, 1.54) is 0 Å². The van der Waals surface area contributed by atoms with Gasteiger partial charge in [0.25, 0.3) is 0 Å². The fourth-order valence-corrected chi connectivity index (χ4v) is 7.97. The van der Waals surface area contributed by atoms with Crippen molar-refractivity contribution in [1.29, 1.82) is 5.26 Å². The second-order valence-electron chi connectivity index (χ2n) is 12.3. The zero-order chi connectivity index (χ0) is 32.6. The standard InChI is InChI=1S/C44H25N5/c1-46-34-24-23-28(27-45)43(48-35-19-9-5-15-30(35)31-16-6-10-20-36(31)48)44(34)49-38-22-12-8-18-33(38)42-40(49)26-25-39-41(42)32-17-7-11-21-37(32)47(39)29-13-3-2-4-14-29/h2-26H. The van der Waals surface area contributed by atoms with Crippen LogP contribution < -0.4 is 0 Å². The molecule has 49 heavy (non-hydrogen) atoms. The van der Waals surface area contributed by atoms with Gasteiger partial charge in [-0.25, -0.2) is 4.85 Å². The van der Waals surface area contributed by atoms with Gasteiger partial charge in [0.1, 0.15) is 6.07 Å². The smallest absolute Gasteiger partial charge is 0.212 e. The third kappa shape index (κ3) is 3.62. The van der Waals surface area contributed by atoms with Gasteiger partial charge in [0.15, 0.2) is 0 Å². The molecular weight excluding hydrogens is 599 g/mol. The lowest BCUT2D eigenvalue weighted by atomic mass is 10.1. The molecule has 5 nitrogen and oxygen atoms in total. The lowest BCUT2D eigenvalue weighted by Crippen LogP contribution is -2.06. The summed E-state index contributed by atoms with van der Waals surface area (Å²) in [7, 11) is 0. The Morgan fingerprint density at radius 1 is 0.429 bits per heavy atom. The molecule has 0 bridgehead atoms. The van der Waals surface area contributed by atoms with Crippen molar-refractivity contribution >= 4 is 71.1 Å². The quantitative estimate of drug-likeness (QED) is 0.181. The molecule has 0 N–H and O–H groups in total. The number of fused-ring (bicyclic) bond motifs is 10. The molecule has 0 aliphatic heterocycles. The van der Waals surface area contributed by atoms with E-state index in [1.54, 1.807) is 12.1 Å². The molecule has 0 unspecified atom stereocenters. The van der Waals surface area contributed by atoms with E-state index in [0.29, 0.717) is 22.6 Å². The van der Waals surface area contributed by atoms with Crippen molar-refractivity contribution in [3.8, 4) is 23.1 Å². The van der Waals surface area contributed by atoms with Gasteiger partial charge in [-0.2, -0.15) is 5.26 Å². The van der Waals surface area contributed by atoms with Gasteiger partial charge in [0.05, 0.1) is 56.6 Å². The second-order valence-corrected chi connectivity index (χ2v) is 12.3. The number of nitriles is 1. The molecule has 0 saturated carbocycles. The molecule has 7 aromatic carbocycles. The fraction of sp³-hybridized carbons (Fsp3) is 0. The van der Waals surface area contributed by atoms with Crippen LogP contribution >= 0.6 is 0 Å². The van der Waals surface area contributed by atoms with Crippen LogP contribution in [0.15, 0.2) is 152 Å². The molecule has 3 aromatic heterocycles. The highest BCUT2D eigenvalue weighted by molar-refractivity contribution is 6.29. The van der Waals surface area contributed by atoms with Crippen LogP contribution in [0.25, 0.3) is 87.3 Å². The number of hydrogen-bond donors (Lipinski definition) is 0. The molecule has 3 heterocycles. The summed E-state index contributed by atoms with van der Waals surface area (Å²) in [6.07, 6.45) is 0. The normalized spacial score (nSPS) is 11.6. The number of rotatable bonds is 3.